The fourth-order valence-electron chi connectivity index (χ4n) is 1.37. The Bertz CT molecular complexity index is 337. The quantitative estimate of drug-likeness (QED) is 0.523. The Morgan fingerprint density at radius 3 is 2.53 bits per heavy atom. The van der Waals surface area contributed by atoms with E-state index in [1.165, 1.54) is 10.9 Å². The van der Waals surface area contributed by atoms with E-state index in [9.17, 15) is 0 Å². The van der Waals surface area contributed by atoms with Gasteiger partial charge in [0, 0.05) is 0 Å². The molecule has 1 rings (SSSR count). The predicted octanol–water partition coefficient (Wildman–Crippen LogP) is 3.64. The molecule has 0 amide bonds. The number of allylic oxidation sites excluding steroid dienone is 4. The summed E-state index contributed by atoms with van der Waals surface area (Å²) in [4.78, 5) is 0. The topological polar surface area (TPSA) is 0 Å². The first-order chi connectivity index (χ1) is 7.34. The van der Waals surface area contributed by atoms with Gasteiger partial charge in [-0.25, -0.2) is 0 Å². The van der Waals surface area contributed by atoms with E-state index < -0.39 is 0 Å². The van der Waals surface area contributed by atoms with Crippen molar-refractivity contribution in [2.45, 2.75) is 26.2 Å². The van der Waals surface area contributed by atoms with Crippen molar-refractivity contribution in [1.29, 1.82) is 0 Å². The van der Waals surface area contributed by atoms with Crippen molar-refractivity contribution in [2.24, 2.45) is 0 Å². The molecule has 15 heavy (non-hydrogen) atoms. The van der Waals surface area contributed by atoms with Crippen LogP contribution in [0.15, 0.2) is 48.6 Å². The predicted molar refractivity (Wildman–Crippen MR) is 72.7 cm³/mol. The van der Waals surface area contributed by atoms with Crippen LogP contribution in [-0.4, -0.2) is 0 Å². The molecule has 0 heterocycles. The molecule has 0 N–H and O–H groups in total. The highest BCUT2D eigenvalue weighted by Crippen LogP contribution is 2.02. The summed E-state index contributed by atoms with van der Waals surface area (Å²) in [6.07, 6.45) is 12.1. The van der Waals surface area contributed by atoms with Gasteiger partial charge in [-0.05, 0) is 30.1 Å². The van der Waals surface area contributed by atoms with Gasteiger partial charge in [0.05, 0.1) is 0 Å². The summed E-state index contributed by atoms with van der Waals surface area (Å²) in [5.41, 5.74) is 1.39. The van der Waals surface area contributed by atoms with Crippen LogP contribution in [0.4, 0.5) is 0 Å². The van der Waals surface area contributed by atoms with E-state index in [2.05, 4.69) is 64.7 Å². The van der Waals surface area contributed by atoms with E-state index >= 15 is 0 Å². The second-order valence-corrected chi connectivity index (χ2v) is 4.11. The van der Waals surface area contributed by atoms with Gasteiger partial charge in [0.25, 0.3) is 0 Å². The molecule has 0 bridgehead atoms. The molecule has 0 nitrogen and oxygen atoms in total. The van der Waals surface area contributed by atoms with Crippen LogP contribution in [0.25, 0.3) is 0 Å². The molecule has 1 aromatic carbocycles. The molecule has 0 spiro atoms. The maximum absolute atomic E-state index is 2.78. The summed E-state index contributed by atoms with van der Waals surface area (Å²) in [5, 5.41) is 1.30. The maximum atomic E-state index is 2.78. The zero-order valence-electron chi connectivity index (χ0n) is 9.32. The summed E-state index contributed by atoms with van der Waals surface area (Å²) < 4.78 is 0. The van der Waals surface area contributed by atoms with Crippen molar-refractivity contribution in [1.82, 2.24) is 0 Å². The molecule has 0 saturated carbocycles. The van der Waals surface area contributed by atoms with Gasteiger partial charge in [0.1, 0.15) is 0 Å². The average molecular weight is 218 g/mol. The van der Waals surface area contributed by atoms with E-state index in [0.717, 1.165) is 19.3 Å². The summed E-state index contributed by atoms with van der Waals surface area (Å²) in [6.45, 7) is 2.16. The Kier molecular flexibility index (Phi) is 6.04. The molecule has 0 aromatic heterocycles. The van der Waals surface area contributed by atoms with Gasteiger partial charge in [0.2, 0.25) is 0 Å². The molecule has 1 aromatic rings. The van der Waals surface area contributed by atoms with E-state index in [-0.39, 0.29) is 0 Å². The molecular formula is C14H19P. The lowest BCUT2D eigenvalue weighted by Gasteiger charge is -2.00. The minimum Gasteiger partial charge on any atom is -0.105 e. The molecule has 1 heteroatoms. The van der Waals surface area contributed by atoms with Crippen LogP contribution in [0.1, 0.15) is 25.3 Å². The smallest absolute Gasteiger partial charge is 0.00912 e. The van der Waals surface area contributed by atoms with Crippen LogP contribution in [0.5, 0.6) is 0 Å². The van der Waals surface area contributed by atoms with Gasteiger partial charge < -0.3 is 0 Å². The number of benzene rings is 1. The minimum absolute atomic E-state index is 1.03. The third kappa shape index (κ3) is 4.95. The average Bonchev–Trinajstić information content (AvgIpc) is 2.25. The Hall–Kier alpha value is -0.870. The summed E-state index contributed by atoms with van der Waals surface area (Å²) in [5.74, 6) is 0. The highest BCUT2D eigenvalue weighted by molar-refractivity contribution is 7.27. The van der Waals surface area contributed by atoms with Gasteiger partial charge in [-0.2, -0.15) is 0 Å². The first-order valence-corrected chi connectivity index (χ1v) is 6.05. The van der Waals surface area contributed by atoms with Crippen molar-refractivity contribution in [3.63, 3.8) is 0 Å². The van der Waals surface area contributed by atoms with Gasteiger partial charge >= 0.3 is 0 Å². The van der Waals surface area contributed by atoms with Crippen LogP contribution in [0, 0.1) is 0 Å². The SMILES string of the molecule is CCC=CCC=CCc1ccccc1P. The molecule has 0 fully saturated rings. The van der Waals surface area contributed by atoms with Crippen LogP contribution in [0.3, 0.4) is 0 Å². The second-order valence-electron chi connectivity index (χ2n) is 3.49. The van der Waals surface area contributed by atoms with E-state index in [1.54, 1.807) is 0 Å². The Balaban J connectivity index is 2.37. The van der Waals surface area contributed by atoms with Gasteiger partial charge in [-0.15, -0.1) is 9.24 Å². The Morgan fingerprint density at radius 2 is 1.80 bits per heavy atom. The first kappa shape index (κ1) is 12.2. The van der Waals surface area contributed by atoms with Crippen molar-refractivity contribution >= 4 is 14.5 Å². The largest absolute Gasteiger partial charge is 0.105 e. The first-order valence-electron chi connectivity index (χ1n) is 5.48. The van der Waals surface area contributed by atoms with Crippen LogP contribution >= 0.6 is 9.24 Å². The lowest BCUT2D eigenvalue weighted by Crippen LogP contribution is -1.98. The molecule has 1 unspecified atom stereocenters. The van der Waals surface area contributed by atoms with E-state index in [1.807, 2.05) is 0 Å². The Morgan fingerprint density at radius 1 is 1.07 bits per heavy atom. The van der Waals surface area contributed by atoms with Crippen molar-refractivity contribution in [2.75, 3.05) is 0 Å². The molecule has 80 valence electrons. The minimum atomic E-state index is 1.03. The lowest BCUT2D eigenvalue weighted by atomic mass is 10.1. The van der Waals surface area contributed by atoms with Gasteiger partial charge in [-0.1, -0.05) is 55.5 Å². The highest BCUT2D eigenvalue weighted by Gasteiger charge is 1.92. The van der Waals surface area contributed by atoms with Gasteiger partial charge in [0.15, 0.2) is 0 Å². The molecule has 0 radical (unpaired) electrons. The molecule has 0 aliphatic rings. The zero-order valence-corrected chi connectivity index (χ0v) is 10.5. The third-order valence-corrected chi connectivity index (χ3v) is 2.80. The summed E-state index contributed by atoms with van der Waals surface area (Å²) in [7, 11) is 2.78. The standard InChI is InChI=1S/C14H19P/c1-2-3-4-5-6-7-10-13-11-8-9-12-14(13)15/h3-4,6-9,11-12H,2,5,10,15H2,1H3. The number of hydrogen-bond donors (Lipinski definition) is 0. The fourth-order valence-corrected chi connectivity index (χ4v) is 1.69. The number of hydrogen-bond acceptors (Lipinski definition) is 0. The molecule has 0 aliphatic heterocycles. The summed E-state index contributed by atoms with van der Waals surface area (Å²) in [6, 6.07) is 8.46. The van der Waals surface area contributed by atoms with Gasteiger partial charge in [-0.3, -0.25) is 0 Å². The van der Waals surface area contributed by atoms with Crippen LogP contribution < -0.4 is 5.30 Å². The summed E-state index contributed by atoms with van der Waals surface area (Å²) >= 11 is 0. The van der Waals surface area contributed by atoms with E-state index in [4.69, 9.17) is 0 Å². The Labute approximate surface area is 95.3 Å². The highest BCUT2D eigenvalue weighted by atomic mass is 31.0. The molecule has 1 atom stereocenters. The second kappa shape index (κ2) is 7.43. The van der Waals surface area contributed by atoms with Crippen LogP contribution in [-0.2, 0) is 6.42 Å². The number of rotatable bonds is 5. The maximum Gasteiger partial charge on any atom is -0.00912 e. The zero-order chi connectivity index (χ0) is 10.9. The monoisotopic (exact) mass is 218 g/mol. The van der Waals surface area contributed by atoms with Crippen molar-refractivity contribution in [3.05, 3.63) is 54.1 Å². The van der Waals surface area contributed by atoms with Crippen LogP contribution in [0.2, 0.25) is 0 Å². The normalized spacial score (nSPS) is 11.6. The fraction of sp³-hybridized carbons (Fsp3) is 0.286. The van der Waals surface area contributed by atoms with E-state index in [0.29, 0.717) is 0 Å². The third-order valence-electron chi connectivity index (χ3n) is 2.23. The molecule has 0 aliphatic carbocycles. The van der Waals surface area contributed by atoms with Crippen molar-refractivity contribution in [3.8, 4) is 0 Å². The molecule has 0 saturated heterocycles. The van der Waals surface area contributed by atoms with Crippen molar-refractivity contribution < 1.29 is 0 Å². The molecular weight excluding hydrogens is 199 g/mol. The lowest BCUT2D eigenvalue weighted by molar-refractivity contribution is 1.19.